The lowest BCUT2D eigenvalue weighted by Gasteiger charge is -2.36. The molecule has 2 rings (SSSR count). The van der Waals surface area contributed by atoms with Crippen LogP contribution in [0.15, 0.2) is 12.1 Å². The van der Waals surface area contributed by atoms with Crippen LogP contribution in [0.25, 0.3) is 0 Å². The Labute approximate surface area is 109 Å². The quantitative estimate of drug-likeness (QED) is 0.888. The molecule has 1 aromatic rings. The van der Waals surface area contributed by atoms with E-state index in [-0.39, 0.29) is 18.0 Å². The highest BCUT2D eigenvalue weighted by atomic mass is 16.2. The Morgan fingerprint density at radius 1 is 1.50 bits per heavy atom. The molecule has 1 aliphatic rings. The second-order valence-corrected chi connectivity index (χ2v) is 5.15. The van der Waals surface area contributed by atoms with E-state index in [0.717, 1.165) is 25.9 Å². The number of carbonyl (C=O) groups is 1. The smallest absolute Gasteiger partial charge is 0.240 e. The molecule has 2 heterocycles. The van der Waals surface area contributed by atoms with Gasteiger partial charge in [-0.3, -0.25) is 4.79 Å². The van der Waals surface area contributed by atoms with Crippen molar-refractivity contribution in [3.8, 4) is 0 Å². The van der Waals surface area contributed by atoms with Gasteiger partial charge in [0.25, 0.3) is 0 Å². The van der Waals surface area contributed by atoms with Gasteiger partial charge in [-0.2, -0.15) is 0 Å². The molecule has 0 spiro atoms. The molecule has 100 valence electrons. The van der Waals surface area contributed by atoms with Crippen molar-refractivity contribution in [3.63, 3.8) is 0 Å². The molecule has 4 nitrogen and oxygen atoms in total. The average Bonchev–Trinajstić information content (AvgIpc) is 2.72. The van der Waals surface area contributed by atoms with Gasteiger partial charge in [-0.15, -0.1) is 0 Å². The number of nitrogens with two attached hydrogens (primary N) is 1. The van der Waals surface area contributed by atoms with E-state index in [1.165, 1.54) is 11.4 Å². The van der Waals surface area contributed by atoms with Crippen molar-refractivity contribution in [2.24, 2.45) is 5.73 Å². The molecule has 2 N–H and O–H groups in total. The van der Waals surface area contributed by atoms with E-state index in [1.807, 2.05) is 4.90 Å². The van der Waals surface area contributed by atoms with Gasteiger partial charge >= 0.3 is 0 Å². The number of hydrogen-bond acceptors (Lipinski definition) is 2. The van der Waals surface area contributed by atoms with Gasteiger partial charge in [-0.1, -0.05) is 13.3 Å². The van der Waals surface area contributed by atoms with Crippen molar-refractivity contribution in [2.75, 3.05) is 6.54 Å². The van der Waals surface area contributed by atoms with Crippen molar-refractivity contribution in [3.05, 3.63) is 23.5 Å². The van der Waals surface area contributed by atoms with Crippen LogP contribution in [0.1, 0.15) is 44.1 Å². The first-order chi connectivity index (χ1) is 8.56. The second-order valence-electron chi connectivity index (χ2n) is 5.15. The fourth-order valence-electron chi connectivity index (χ4n) is 2.77. The van der Waals surface area contributed by atoms with Gasteiger partial charge in [0.1, 0.15) is 0 Å². The Morgan fingerprint density at radius 3 is 2.89 bits per heavy atom. The van der Waals surface area contributed by atoms with Crippen molar-refractivity contribution >= 4 is 5.91 Å². The minimum absolute atomic E-state index is 0.0921. The maximum atomic E-state index is 12.3. The molecule has 1 aliphatic heterocycles. The molecule has 0 saturated heterocycles. The van der Waals surface area contributed by atoms with Crippen LogP contribution in [0.3, 0.4) is 0 Å². The Kier molecular flexibility index (Phi) is 3.76. The SMILES string of the molecule is CCC[C@@H](N)C(=O)N1CCn2c(C)ccc2C1C. The van der Waals surface area contributed by atoms with Gasteiger partial charge in [0.15, 0.2) is 0 Å². The molecule has 0 fully saturated rings. The Hall–Kier alpha value is -1.29. The lowest BCUT2D eigenvalue weighted by Crippen LogP contribution is -2.48. The molecule has 1 aromatic heterocycles. The van der Waals surface area contributed by atoms with Crippen LogP contribution >= 0.6 is 0 Å². The third kappa shape index (κ3) is 2.17. The molecular weight excluding hydrogens is 226 g/mol. The van der Waals surface area contributed by atoms with E-state index in [0.29, 0.717) is 0 Å². The van der Waals surface area contributed by atoms with Gasteiger partial charge in [0.05, 0.1) is 12.1 Å². The number of rotatable bonds is 3. The van der Waals surface area contributed by atoms with Crippen LogP contribution in [0, 0.1) is 6.92 Å². The maximum Gasteiger partial charge on any atom is 0.240 e. The predicted octanol–water partition coefficient (Wildman–Crippen LogP) is 1.83. The highest BCUT2D eigenvalue weighted by molar-refractivity contribution is 5.82. The number of aryl methyl sites for hydroxylation is 1. The van der Waals surface area contributed by atoms with Crippen LogP contribution in [0.5, 0.6) is 0 Å². The average molecular weight is 249 g/mol. The van der Waals surface area contributed by atoms with Crippen molar-refractivity contribution in [1.82, 2.24) is 9.47 Å². The summed E-state index contributed by atoms with van der Waals surface area (Å²) in [5.74, 6) is 0.0921. The first-order valence-corrected chi connectivity index (χ1v) is 6.78. The molecule has 0 saturated carbocycles. The van der Waals surface area contributed by atoms with E-state index in [4.69, 9.17) is 5.73 Å². The predicted molar refractivity (Wildman–Crippen MR) is 72.2 cm³/mol. The summed E-state index contributed by atoms with van der Waals surface area (Å²) in [6.45, 7) is 7.89. The summed E-state index contributed by atoms with van der Waals surface area (Å²) in [7, 11) is 0. The minimum atomic E-state index is -0.347. The number of amides is 1. The number of carbonyl (C=O) groups excluding carboxylic acids is 1. The number of aromatic nitrogens is 1. The van der Waals surface area contributed by atoms with Crippen LogP contribution < -0.4 is 5.73 Å². The molecule has 4 heteroatoms. The van der Waals surface area contributed by atoms with Crippen LogP contribution in [0.2, 0.25) is 0 Å². The monoisotopic (exact) mass is 249 g/mol. The highest BCUT2D eigenvalue weighted by Crippen LogP contribution is 2.27. The zero-order chi connectivity index (χ0) is 13.3. The summed E-state index contributed by atoms with van der Waals surface area (Å²) in [6.07, 6.45) is 1.71. The van der Waals surface area contributed by atoms with E-state index in [2.05, 4.69) is 37.5 Å². The van der Waals surface area contributed by atoms with E-state index in [1.54, 1.807) is 0 Å². The summed E-state index contributed by atoms with van der Waals surface area (Å²) in [5, 5.41) is 0. The molecule has 1 unspecified atom stereocenters. The van der Waals surface area contributed by atoms with Gasteiger partial charge in [-0.05, 0) is 32.4 Å². The van der Waals surface area contributed by atoms with E-state index >= 15 is 0 Å². The van der Waals surface area contributed by atoms with Crippen LogP contribution in [-0.4, -0.2) is 28.0 Å². The summed E-state index contributed by atoms with van der Waals surface area (Å²) < 4.78 is 2.29. The highest BCUT2D eigenvalue weighted by Gasteiger charge is 2.30. The Bertz CT molecular complexity index is 438. The zero-order valence-corrected chi connectivity index (χ0v) is 11.5. The maximum absolute atomic E-state index is 12.3. The summed E-state index contributed by atoms with van der Waals surface area (Å²) in [6, 6.07) is 4.01. The third-order valence-corrected chi connectivity index (χ3v) is 3.89. The van der Waals surface area contributed by atoms with Gasteiger partial charge in [0.2, 0.25) is 5.91 Å². The normalized spacial score (nSPS) is 20.7. The van der Waals surface area contributed by atoms with Crippen LogP contribution in [-0.2, 0) is 11.3 Å². The van der Waals surface area contributed by atoms with Crippen molar-refractivity contribution in [1.29, 1.82) is 0 Å². The summed E-state index contributed by atoms with van der Waals surface area (Å²) in [4.78, 5) is 14.2. The van der Waals surface area contributed by atoms with Crippen LogP contribution in [0.4, 0.5) is 0 Å². The minimum Gasteiger partial charge on any atom is -0.345 e. The first kappa shape index (κ1) is 13.1. The molecule has 0 aliphatic carbocycles. The first-order valence-electron chi connectivity index (χ1n) is 6.78. The van der Waals surface area contributed by atoms with Gasteiger partial charge < -0.3 is 15.2 Å². The Morgan fingerprint density at radius 2 is 2.22 bits per heavy atom. The zero-order valence-electron chi connectivity index (χ0n) is 11.5. The van der Waals surface area contributed by atoms with E-state index < -0.39 is 0 Å². The standard InChI is InChI=1S/C14H23N3O/c1-4-5-12(15)14(18)17-9-8-16-10(2)6-7-13(16)11(17)3/h6-7,11-12H,4-5,8-9,15H2,1-3H3/t11?,12-/m1/s1. The lowest BCUT2D eigenvalue weighted by atomic mass is 10.1. The topological polar surface area (TPSA) is 51.3 Å². The molecule has 1 amide bonds. The number of hydrogen-bond donors (Lipinski definition) is 1. The third-order valence-electron chi connectivity index (χ3n) is 3.89. The van der Waals surface area contributed by atoms with Gasteiger partial charge in [0, 0.05) is 24.5 Å². The summed E-state index contributed by atoms with van der Waals surface area (Å²) in [5.41, 5.74) is 8.43. The van der Waals surface area contributed by atoms with Crippen molar-refractivity contribution in [2.45, 2.75) is 52.2 Å². The molecule has 18 heavy (non-hydrogen) atoms. The largest absolute Gasteiger partial charge is 0.345 e. The number of nitrogens with zero attached hydrogens (tertiary/aromatic N) is 2. The van der Waals surface area contributed by atoms with Gasteiger partial charge in [-0.25, -0.2) is 0 Å². The fourth-order valence-corrected chi connectivity index (χ4v) is 2.77. The second kappa shape index (κ2) is 5.14. The van der Waals surface area contributed by atoms with Crippen molar-refractivity contribution < 1.29 is 4.79 Å². The Balaban J connectivity index is 2.16. The van der Waals surface area contributed by atoms with E-state index in [9.17, 15) is 4.79 Å². The lowest BCUT2D eigenvalue weighted by molar-refractivity contribution is -0.136. The molecule has 2 atom stereocenters. The molecule has 0 bridgehead atoms. The number of fused-ring (bicyclic) bond motifs is 1. The molecule has 0 aromatic carbocycles. The summed E-state index contributed by atoms with van der Waals surface area (Å²) >= 11 is 0. The molecule has 0 radical (unpaired) electrons. The molecular formula is C14H23N3O. The fraction of sp³-hybridized carbons (Fsp3) is 0.643.